The van der Waals surface area contributed by atoms with Crippen molar-refractivity contribution < 1.29 is 23.8 Å². The van der Waals surface area contributed by atoms with Gasteiger partial charge in [0.1, 0.15) is 18.0 Å². The molecule has 2 unspecified atom stereocenters. The van der Waals surface area contributed by atoms with Crippen LogP contribution in [0.5, 0.6) is 0 Å². The Balaban J connectivity index is 2.67. The highest BCUT2D eigenvalue weighted by Gasteiger charge is 2.24. The molecular weight excluding hydrogens is 451 g/mol. The maximum Gasteiger partial charge on any atom is 0.326 e. The Morgan fingerprint density at radius 3 is 2.51 bits per heavy atom. The highest BCUT2D eigenvalue weighted by molar-refractivity contribution is 5.83. The number of halogens is 1. The molecule has 0 aliphatic rings. The molecule has 2 atom stereocenters. The van der Waals surface area contributed by atoms with Gasteiger partial charge in [-0.25, -0.2) is 14.2 Å². The molecule has 0 bridgehead atoms. The molecule has 0 radical (unpaired) electrons. The molecule has 0 aliphatic carbocycles. The van der Waals surface area contributed by atoms with E-state index < -0.39 is 18.2 Å². The number of ether oxygens (including phenoxy) is 1. The molecule has 1 aromatic heterocycles. The second-order valence-electron chi connectivity index (χ2n) is 10.2. The van der Waals surface area contributed by atoms with Crippen LogP contribution in [-0.4, -0.2) is 79.5 Å². The summed E-state index contributed by atoms with van der Waals surface area (Å²) < 4.78 is 19.2. The molecule has 1 heterocycles. The molecular formula is C26H45FN4O4. The van der Waals surface area contributed by atoms with Crippen LogP contribution in [0.25, 0.3) is 0 Å². The number of carbonyl (C=O) groups excluding carboxylic acids is 1. The number of unbranched alkanes of at least 4 members (excludes halogenated alkanes) is 1. The van der Waals surface area contributed by atoms with Gasteiger partial charge in [-0.3, -0.25) is 4.79 Å². The smallest absolute Gasteiger partial charge is 0.326 e. The van der Waals surface area contributed by atoms with Crippen LogP contribution in [0.4, 0.5) is 10.2 Å². The van der Waals surface area contributed by atoms with E-state index in [4.69, 9.17) is 4.74 Å². The van der Waals surface area contributed by atoms with Crippen LogP contribution in [0.1, 0.15) is 64.6 Å². The van der Waals surface area contributed by atoms with E-state index in [9.17, 15) is 19.1 Å². The third-order valence-electron chi connectivity index (χ3n) is 5.67. The number of carboxylic acid groups (broad SMARTS) is 1. The minimum absolute atomic E-state index is 0.0122. The largest absolute Gasteiger partial charge is 0.480 e. The first-order chi connectivity index (χ1) is 16.5. The Labute approximate surface area is 210 Å². The lowest BCUT2D eigenvalue weighted by atomic mass is 9.92. The second-order valence-corrected chi connectivity index (χ2v) is 10.2. The van der Waals surface area contributed by atoms with Crippen LogP contribution in [-0.2, 0) is 27.2 Å². The van der Waals surface area contributed by atoms with E-state index in [0.717, 1.165) is 37.2 Å². The normalized spacial score (nSPS) is 13.5. The summed E-state index contributed by atoms with van der Waals surface area (Å²) in [5, 5.41) is 15.3. The number of pyridine rings is 1. The predicted octanol–water partition coefficient (Wildman–Crippen LogP) is 3.69. The Hall–Kier alpha value is -2.26. The quantitative estimate of drug-likeness (QED) is 0.283. The number of aryl methyl sites for hydroxylation is 2. The lowest BCUT2D eigenvalue weighted by Crippen LogP contribution is -2.45. The van der Waals surface area contributed by atoms with E-state index in [1.807, 2.05) is 38.8 Å². The fourth-order valence-corrected chi connectivity index (χ4v) is 3.92. The molecule has 0 aromatic carbocycles. The maximum atomic E-state index is 14.3. The van der Waals surface area contributed by atoms with Crippen molar-refractivity contribution in [3.63, 3.8) is 0 Å². The Morgan fingerprint density at radius 2 is 1.94 bits per heavy atom. The average Bonchev–Trinajstić information content (AvgIpc) is 2.77. The van der Waals surface area contributed by atoms with Crippen LogP contribution in [0.2, 0.25) is 0 Å². The number of amides is 1. The highest BCUT2D eigenvalue weighted by Crippen LogP contribution is 2.18. The minimum Gasteiger partial charge on any atom is -0.480 e. The summed E-state index contributed by atoms with van der Waals surface area (Å²) in [6.45, 7) is 9.00. The number of nitrogens with zero attached hydrogens (tertiary/aromatic N) is 2. The van der Waals surface area contributed by atoms with Crippen LogP contribution in [0.15, 0.2) is 12.1 Å². The number of carbonyl (C=O) groups is 2. The number of nitrogens with one attached hydrogen (secondary N) is 2. The molecule has 0 saturated carbocycles. The summed E-state index contributed by atoms with van der Waals surface area (Å²) in [5.41, 5.74) is 1.95. The summed E-state index contributed by atoms with van der Waals surface area (Å²) in [4.78, 5) is 30.5. The van der Waals surface area contributed by atoms with E-state index in [2.05, 4.69) is 28.6 Å². The number of methoxy groups -OCH3 is 1. The SMILES string of the molecule is CCc1ccc(CCCCN(CCC(NC(=O)CC(C)(C)C)C(=O)O)CC(F)COC)nc1NC. The molecule has 1 rings (SSSR count). The monoisotopic (exact) mass is 496 g/mol. The average molecular weight is 497 g/mol. The summed E-state index contributed by atoms with van der Waals surface area (Å²) in [6, 6.07) is 3.14. The van der Waals surface area contributed by atoms with Crippen molar-refractivity contribution in [1.29, 1.82) is 0 Å². The van der Waals surface area contributed by atoms with Crippen molar-refractivity contribution in [2.45, 2.75) is 78.4 Å². The summed E-state index contributed by atoms with van der Waals surface area (Å²) in [6.07, 6.45) is 2.70. The fraction of sp³-hybridized carbons (Fsp3) is 0.731. The third-order valence-corrected chi connectivity index (χ3v) is 5.67. The molecule has 35 heavy (non-hydrogen) atoms. The molecule has 0 spiro atoms. The van der Waals surface area contributed by atoms with Gasteiger partial charge in [0, 0.05) is 39.4 Å². The number of hydrogen-bond acceptors (Lipinski definition) is 6. The van der Waals surface area contributed by atoms with E-state index in [1.54, 1.807) is 0 Å². The number of aliphatic carboxylic acids is 1. The van der Waals surface area contributed by atoms with Crippen molar-refractivity contribution in [2.75, 3.05) is 45.7 Å². The summed E-state index contributed by atoms with van der Waals surface area (Å²) in [5.74, 6) is -0.468. The summed E-state index contributed by atoms with van der Waals surface area (Å²) in [7, 11) is 3.32. The number of anilines is 1. The Bertz CT molecular complexity index is 785. The first-order valence-corrected chi connectivity index (χ1v) is 12.5. The van der Waals surface area contributed by atoms with Gasteiger partial charge in [0.05, 0.1) is 6.61 Å². The van der Waals surface area contributed by atoms with Crippen molar-refractivity contribution in [1.82, 2.24) is 15.2 Å². The van der Waals surface area contributed by atoms with Gasteiger partial charge in [0.15, 0.2) is 0 Å². The molecule has 3 N–H and O–H groups in total. The lowest BCUT2D eigenvalue weighted by Gasteiger charge is -2.26. The number of alkyl halides is 1. The molecule has 1 aromatic rings. The van der Waals surface area contributed by atoms with E-state index in [0.29, 0.717) is 13.1 Å². The van der Waals surface area contributed by atoms with E-state index in [1.165, 1.54) is 12.7 Å². The molecule has 200 valence electrons. The van der Waals surface area contributed by atoms with Gasteiger partial charge in [0.25, 0.3) is 0 Å². The zero-order valence-electron chi connectivity index (χ0n) is 22.3. The van der Waals surface area contributed by atoms with Crippen LogP contribution < -0.4 is 10.6 Å². The lowest BCUT2D eigenvalue weighted by molar-refractivity contribution is -0.142. The van der Waals surface area contributed by atoms with Gasteiger partial charge in [0.2, 0.25) is 5.91 Å². The van der Waals surface area contributed by atoms with Gasteiger partial charge in [-0.1, -0.05) is 33.8 Å². The Kier molecular flexibility index (Phi) is 13.8. The van der Waals surface area contributed by atoms with Crippen LogP contribution in [0, 0.1) is 5.41 Å². The van der Waals surface area contributed by atoms with Gasteiger partial charge >= 0.3 is 5.97 Å². The van der Waals surface area contributed by atoms with Gasteiger partial charge in [-0.05, 0) is 55.7 Å². The first kappa shape index (κ1) is 30.8. The van der Waals surface area contributed by atoms with Crippen molar-refractivity contribution in [3.8, 4) is 0 Å². The number of hydrogen-bond donors (Lipinski definition) is 3. The molecule has 0 fully saturated rings. The van der Waals surface area contributed by atoms with Gasteiger partial charge < -0.3 is 25.4 Å². The molecule has 1 amide bonds. The van der Waals surface area contributed by atoms with Gasteiger partial charge in [-0.2, -0.15) is 0 Å². The molecule has 0 saturated heterocycles. The maximum absolute atomic E-state index is 14.3. The van der Waals surface area contributed by atoms with Crippen molar-refractivity contribution >= 4 is 17.7 Å². The minimum atomic E-state index is -1.17. The van der Waals surface area contributed by atoms with Gasteiger partial charge in [-0.15, -0.1) is 0 Å². The fourth-order valence-electron chi connectivity index (χ4n) is 3.92. The highest BCUT2D eigenvalue weighted by atomic mass is 19.1. The van der Waals surface area contributed by atoms with Crippen LogP contribution >= 0.6 is 0 Å². The standard InChI is InChI=1S/C26H45FN4O4/c1-7-19-11-12-21(29-24(19)28-5)10-8-9-14-31(17-20(27)18-35-6)15-13-22(25(33)34)30-23(32)16-26(2,3)4/h11-12,20,22H,7-10,13-18H2,1-6H3,(H,28,29)(H,30,32)(H,33,34). The Morgan fingerprint density at radius 1 is 1.23 bits per heavy atom. The third kappa shape index (κ3) is 12.9. The van der Waals surface area contributed by atoms with Crippen LogP contribution in [0.3, 0.4) is 0 Å². The zero-order chi connectivity index (χ0) is 26.4. The number of carboxylic acids is 1. The molecule has 8 nitrogen and oxygen atoms in total. The number of rotatable bonds is 17. The predicted molar refractivity (Wildman–Crippen MR) is 138 cm³/mol. The number of aromatic nitrogens is 1. The van der Waals surface area contributed by atoms with E-state index in [-0.39, 0.29) is 37.3 Å². The molecule has 0 aliphatic heterocycles. The zero-order valence-corrected chi connectivity index (χ0v) is 22.3. The second kappa shape index (κ2) is 15.7. The van der Waals surface area contributed by atoms with Crippen molar-refractivity contribution in [3.05, 3.63) is 23.4 Å². The van der Waals surface area contributed by atoms with Crippen molar-refractivity contribution in [2.24, 2.45) is 5.41 Å². The first-order valence-electron chi connectivity index (χ1n) is 12.5. The summed E-state index contributed by atoms with van der Waals surface area (Å²) >= 11 is 0. The molecule has 9 heteroatoms. The van der Waals surface area contributed by atoms with E-state index >= 15 is 0 Å². The topological polar surface area (TPSA) is 104 Å².